The third-order valence-electron chi connectivity index (χ3n) is 5.09. The Morgan fingerprint density at radius 3 is 2.53 bits per heavy atom. The summed E-state index contributed by atoms with van der Waals surface area (Å²) in [7, 11) is 0. The number of hydrogen-bond acceptors (Lipinski definition) is 1. The standard InChI is InChI=1S/C18H18O/c19-12-14-10-13-6-4-5-9-16(13)18(11-17(14)18)15-7-2-1-3-8-15/h1-9,14,17,19H,10-12H2. The van der Waals surface area contributed by atoms with Crippen LogP contribution in [-0.2, 0) is 11.8 Å². The van der Waals surface area contributed by atoms with E-state index in [1.54, 1.807) is 0 Å². The number of rotatable bonds is 2. The third-order valence-corrected chi connectivity index (χ3v) is 5.09. The molecule has 0 bridgehead atoms. The lowest BCUT2D eigenvalue weighted by molar-refractivity contribution is 0.198. The van der Waals surface area contributed by atoms with Crippen LogP contribution < -0.4 is 0 Å². The van der Waals surface area contributed by atoms with Crippen LogP contribution in [0, 0.1) is 11.8 Å². The van der Waals surface area contributed by atoms with Crippen LogP contribution in [0.15, 0.2) is 54.6 Å². The van der Waals surface area contributed by atoms with Gasteiger partial charge in [-0.2, -0.15) is 0 Å². The lowest BCUT2D eigenvalue weighted by atomic mass is 9.74. The number of fused-ring (bicyclic) bond motifs is 3. The van der Waals surface area contributed by atoms with E-state index in [0.717, 1.165) is 6.42 Å². The highest BCUT2D eigenvalue weighted by Gasteiger charge is 2.61. The quantitative estimate of drug-likeness (QED) is 0.868. The molecule has 1 nitrogen and oxygen atoms in total. The normalized spacial score (nSPS) is 31.4. The second kappa shape index (κ2) is 3.94. The first-order valence-electron chi connectivity index (χ1n) is 7.11. The van der Waals surface area contributed by atoms with E-state index < -0.39 is 0 Å². The van der Waals surface area contributed by atoms with Crippen LogP contribution in [0.4, 0.5) is 0 Å². The minimum absolute atomic E-state index is 0.184. The zero-order valence-corrected chi connectivity index (χ0v) is 10.9. The molecular formula is C18H18O. The Hall–Kier alpha value is -1.60. The molecular weight excluding hydrogens is 232 g/mol. The number of aliphatic hydroxyl groups excluding tert-OH is 1. The summed E-state index contributed by atoms with van der Waals surface area (Å²) in [5.41, 5.74) is 4.53. The van der Waals surface area contributed by atoms with Crippen molar-refractivity contribution in [2.24, 2.45) is 11.8 Å². The Kier molecular flexibility index (Phi) is 2.33. The second-order valence-corrected chi connectivity index (χ2v) is 5.95. The number of aliphatic hydroxyl groups is 1. The van der Waals surface area contributed by atoms with Crippen LogP contribution in [0.3, 0.4) is 0 Å². The maximum atomic E-state index is 9.68. The highest BCUT2D eigenvalue weighted by Crippen LogP contribution is 2.65. The molecule has 2 aromatic carbocycles. The maximum Gasteiger partial charge on any atom is 0.0465 e. The van der Waals surface area contributed by atoms with Gasteiger partial charge in [0.2, 0.25) is 0 Å². The molecule has 0 amide bonds. The molecule has 0 saturated heterocycles. The van der Waals surface area contributed by atoms with Crippen molar-refractivity contribution >= 4 is 0 Å². The lowest BCUT2D eigenvalue weighted by Gasteiger charge is -2.30. The van der Waals surface area contributed by atoms with E-state index >= 15 is 0 Å². The predicted molar refractivity (Wildman–Crippen MR) is 76.1 cm³/mol. The van der Waals surface area contributed by atoms with Crippen molar-refractivity contribution in [2.45, 2.75) is 18.3 Å². The molecule has 0 aliphatic heterocycles. The zero-order valence-electron chi connectivity index (χ0n) is 10.9. The summed E-state index contributed by atoms with van der Waals surface area (Å²) >= 11 is 0. The van der Waals surface area contributed by atoms with Gasteiger partial charge in [0.15, 0.2) is 0 Å². The van der Waals surface area contributed by atoms with Gasteiger partial charge in [0.1, 0.15) is 0 Å². The van der Waals surface area contributed by atoms with Gasteiger partial charge in [-0.15, -0.1) is 0 Å². The first-order chi connectivity index (χ1) is 9.36. The molecule has 1 saturated carbocycles. The fourth-order valence-corrected chi connectivity index (χ4v) is 4.14. The van der Waals surface area contributed by atoms with E-state index in [1.165, 1.54) is 23.1 Å². The molecule has 2 aliphatic rings. The summed E-state index contributed by atoms with van der Waals surface area (Å²) < 4.78 is 0. The van der Waals surface area contributed by atoms with E-state index in [9.17, 15) is 5.11 Å². The van der Waals surface area contributed by atoms with Gasteiger partial charge in [-0.05, 0) is 41.4 Å². The first kappa shape index (κ1) is 11.2. The average Bonchev–Trinajstić information content (AvgIpc) is 3.24. The van der Waals surface area contributed by atoms with E-state index in [1.807, 2.05) is 0 Å². The summed E-state index contributed by atoms with van der Waals surface area (Å²) in [6.07, 6.45) is 2.23. The topological polar surface area (TPSA) is 20.2 Å². The van der Waals surface area contributed by atoms with Crippen molar-refractivity contribution < 1.29 is 5.11 Å². The van der Waals surface area contributed by atoms with Gasteiger partial charge < -0.3 is 5.11 Å². The van der Waals surface area contributed by atoms with Crippen LogP contribution >= 0.6 is 0 Å². The van der Waals surface area contributed by atoms with Crippen LogP contribution in [0.5, 0.6) is 0 Å². The second-order valence-electron chi connectivity index (χ2n) is 5.95. The smallest absolute Gasteiger partial charge is 0.0465 e. The average molecular weight is 250 g/mol. The van der Waals surface area contributed by atoms with E-state index in [2.05, 4.69) is 54.6 Å². The Morgan fingerprint density at radius 1 is 1.00 bits per heavy atom. The van der Waals surface area contributed by atoms with E-state index in [-0.39, 0.29) is 5.41 Å². The number of benzene rings is 2. The zero-order chi connectivity index (χ0) is 12.9. The molecule has 1 fully saturated rings. The van der Waals surface area contributed by atoms with Gasteiger partial charge in [-0.25, -0.2) is 0 Å². The fourth-order valence-electron chi connectivity index (χ4n) is 4.14. The van der Waals surface area contributed by atoms with Gasteiger partial charge in [-0.1, -0.05) is 54.6 Å². The fraction of sp³-hybridized carbons (Fsp3) is 0.333. The van der Waals surface area contributed by atoms with Gasteiger partial charge in [0.25, 0.3) is 0 Å². The molecule has 2 aliphatic carbocycles. The molecule has 4 rings (SSSR count). The third kappa shape index (κ3) is 1.45. The Bertz CT molecular complexity index is 604. The molecule has 0 aromatic heterocycles. The van der Waals surface area contributed by atoms with Crippen molar-refractivity contribution in [1.29, 1.82) is 0 Å². The largest absolute Gasteiger partial charge is 0.396 e. The molecule has 3 unspecified atom stereocenters. The lowest BCUT2D eigenvalue weighted by Crippen LogP contribution is -2.27. The van der Waals surface area contributed by atoms with Crippen LogP contribution in [-0.4, -0.2) is 11.7 Å². The van der Waals surface area contributed by atoms with Crippen LogP contribution in [0.1, 0.15) is 23.1 Å². The van der Waals surface area contributed by atoms with Gasteiger partial charge in [-0.3, -0.25) is 0 Å². The Balaban J connectivity index is 1.90. The molecule has 0 heterocycles. The van der Waals surface area contributed by atoms with Crippen molar-refractivity contribution in [3.05, 3.63) is 71.3 Å². The summed E-state index contributed by atoms with van der Waals surface area (Å²) in [4.78, 5) is 0. The summed E-state index contributed by atoms with van der Waals surface area (Å²) in [5, 5.41) is 9.68. The molecule has 0 spiro atoms. The SMILES string of the molecule is OCC1Cc2ccccc2C2(c3ccccc3)CC12. The van der Waals surface area contributed by atoms with Crippen LogP contribution in [0.25, 0.3) is 0 Å². The highest BCUT2D eigenvalue weighted by atomic mass is 16.3. The summed E-state index contributed by atoms with van der Waals surface area (Å²) in [5.74, 6) is 1.05. The van der Waals surface area contributed by atoms with Crippen molar-refractivity contribution in [3.63, 3.8) is 0 Å². The summed E-state index contributed by atoms with van der Waals surface area (Å²) in [6.45, 7) is 0.313. The maximum absolute atomic E-state index is 9.68. The predicted octanol–water partition coefficient (Wildman–Crippen LogP) is 3.16. The molecule has 1 N–H and O–H groups in total. The highest BCUT2D eigenvalue weighted by molar-refractivity contribution is 5.53. The molecule has 19 heavy (non-hydrogen) atoms. The molecule has 2 aromatic rings. The molecule has 0 radical (unpaired) electrons. The molecule has 96 valence electrons. The minimum Gasteiger partial charge on any atom is -0.396 e. The molecule has 1 heteroatoms. The Labute approximate surface area is 113 Å². The van der Waals surface area contributed by atoms with Crippen molar-refractivity contribution in [3.8, 4) is 0 Å². The molecule has 3 atom stereocenters. The Morgan fingerprint density at radius 2 is 1.74 bits per heavy atom. The van der Waals surface area contributed by atoms with E-state index in [0.29, 0.717) is 18.4 Å². The first-order valence-corrected chi connectivity index (χ1v) is 7.11. The number of hydrogen-bond donors (Lipinski definition) is 1. The van der Waals surface area contributed by atoms with Crippen LogP contribution in [0.2, 0.25) is 0 Å². The van der Waals surface area contributed by atoms with Crippen molar-refractivity contribution in [2.75, 3.05) is 6.61 Å². The van der Waals surface area contributed by atoms with E-state index in [4.69, 9.17) is 0 Å². The summed E-state index contributed by atoms with van der Waals surface area (Å²) in [6, 6.07) is 19.6. The van der Waals surface area contributed by atoms with Gasteiger partial charge in [0, 0.05) is 12.0 Å². The monoisotopic (exact) mass is 250 g/mol. The minimum atomic E-state index is 0.184. The van der Waals surface area contributed by atoms with Gasteiger partial charge >= 0.3 is 0 Å². The van der Waals surface area contributed by atoms with Gasteiger partial charge in [0.05, 0.1) is 0 Å². The van der Waals surface area contributed by atoms with Crippen molar-refractivity contribution in [1.82, 2.24) is 0 Å².